The molecule has 0 atom stereocenters. The molecule has 0 unspecified atom stereocenters. The lowest BCUT2D eigenvalue weighted by molar-refractivity contribution is -0.137. The maximum Gasteiger partial charge on any atom is 0.418 e. The minimum Gasteiger partial charge on any atom is -0.274 e. The fourth-order valence-electron chi connectivity index (χ4n) is 5.00. The Balaban J connectivity index is 1.49. The van der Waals surface area contributed by atoms with Gasteiger partial charge >= 0.3 is 11.9 Å². The van der Waals surface area contributed by atoms with Crippen LogP contribution in [0.2, 0.25) is 0 Å². The number of aromatic nitrogens is 3. The van der Waals surface area contributed by atoms with Crippen LogP contribution in [0, 0.1) is 11.6 Å². The number of nitrogens with zero attached hydrogens (tertiary/aromatic N) is 3. The van der Waals surface area contributed by atoms with E-state index in [2.05, 4.69) is 5.10 Å². The Morgan fingerprint density at radius 2 is 1.57 bits per heavy atom. The second-order valence-electron chi connectivity index (χ2n) is 10.5. The van der Waals surface area contributed by atoms with Crippen LogP contribution in [0.25, 0.3) is 16.8 Å². The van der Waals surface area contributed by atoms with Crippen molar-refractivity contribution in [2.24, 2.45) is 0 Å². The highest BCUT2D eigenvalue weighted by Crippen LogP contribution is 2.33. The van der Waals surface area contributed by atoms with Gasteiger partial charge in [-0.25, -0.2) is 26.7 Å². The molecule has 8 nitrogen and oxygen atoms in total. The minimum absolute atomic E-state index is 0.00884. The van der Waals surface area contributed by atoms with Gasteiger partial charge in [0.2, 0.25) is 0 Å². The standard InChI is InChI=1S/C33H27F5N4O4S/c1-2-3-16-30-39-42(28-14-8-6-12-25(28)33(36,37)38)32(44)41(30)20-22-18-17-21(19-27(22)35)23-10-5-9-15-29(23)47(45,46)40-31(43)24-11-4-7-13-26(24)34/h4-15,17-19H,2-3,16,20H2,1H3,(H,40,43). The first-order valence-corrected chi connectivity index (χ1v) is 15.8. The van der Waals surface area contributed by atoms with Gasteiger partial charge in [-0.15, -0.1) is 5.10 Å². The molecule has 0 fully saturated rings. The number of unbranched alkanes of at least 4 members (excludes halogenated alkanes) is 1. The number of sulfonamides is 1. The molecule has 244 valence electrons. The fourth-order valence-corrected chi connectivity index (χ4v) is 6.20. The van der Waals surface area contributed by atoms with Gasteiger partial charge in [0.1, 0.15) is 17.5 Å². The van der Waals surface area contributed by atoms with E-state index in [-0.39, 0.29) is 40.4 Å². The number of carbonyl (C=O) groups excluding carboxylic acids is 1. The van der Waals surface area contributed by atoms with Crippen LogP contribution in [0.1, 0.15) is 47.1 Å². The smallest absolute Gasteiger partial charge is 0.274 e. The number of hydrogen-bond acceptors (Lipinski definition) is 5. The van der Waals surface area contributed by atoms with Gasteiger partial charge in [0.05, 0.1) is 28.3 Å². The van der Waals surface area contributed by atoms with Crippen molar-refractivity contribution >= 4 is 15.9 Å². The molecule has 1 aromatic heterocycles. The zero-order valence-electron chi connectivity index (χ0n) is 24.8. The lowest BCUT2D eigenvalue weighted by Gasteiger charge is -2.13. The van der Waals surface area contributed by atoms with Crippen molar-refractivity contribution in [2.45, 2.75) is 43.8 Å². The highest BCUT2D eigenvalue weighted by atomic mass is 32.2. The molecule has 1 amide bonds. The number of amides is 1. The van der Waals surface area contributed by atoms with E-state index in [1.54, 1.807) is 0 Å². The third kappa shape index (κ3) is 7.02. The molecular weight excluding hydrogens is 643 g/mol. The number of rotatable bonds is 10. The highest BCUT2D eigenvalue weighted by molar-refractivity contribution is 7.90. The van der Waals surface area contributed by atoms with Crippen molar-refractivity contribution in [2.75, 3.05) is 0 Å². The normalized spacial score (nSPS) is 11.9. The topological polar surface area (TPSA) is 103 Å². The van der Waals surface area contributed by atoms with Crippen molar-refractivity contribution in [1.29, 1.82) is 0 Å². The summed E-state index contributed by atoms with van der Waals surface area (Å²) in [5.74, 6) is -2.78. The maximum atomic E-state index is 15.6. The van der Waals surface area contributed by atoms with Crippen molar-refractivity contribution in [1.82, 2.24) is 19.1 Å². The van der Waals surface area contributed by atoms with Gasteiger partial charge < -0.3 is 0 Å². The summed E-state index contributed by atoms with van der Waals surface area (Å²) in [6.07, 6.45) is -3.24. The van der Waals surface area contributed by atoms with E-state index in [1.807, 2.05) is 11.6 Å². The zero-order valence-corrected chi connectivity index (χ0v) is 25.6. The van der Waals surface area contributed by atoms with Crippen molar-refractivity contribution in [3.63, 3.8) is 0 Å². The molecule has 5 rings (SSSR count). The predicted octanol–water partition coefficient (Wildman–Crippen LogP) is 6.51. The summed E-state index contributed by atoms with van der Waals surface area (Å²) in [4.78, 5) is 25.7. The van der Waals surface area contributed by atoms with Crippen LogP contribution < -0.4 is 10.4 Å². The molecule has 1 N–H and O–H groups in total. The number of hydrogen-bond donors (Lipinski definition) is 1. The zero-order chi connectivity index (χ0) is 33.9. The molecule has 0 radical (unpaired) electrons. The van der Waals surface area contributed by atoms with Crippen molar-refractivity contribution in [3.05, 3.63) is 136 Å². The molecule has 0 aliphatic carbocycles. The number of aryl methyl sites for hydroxylation is 1. The number of benzene rings is 4. The number of para-hydroxylation sites is 1. The first kappa shape index (κ1) is 33.3. The molecule has 0 saturated carbocycles. The molecule has 1 heterocycles. The summed E-state index contributed by atoms with van der Waals surface area (Å²) < 4.78 is 101. The first-order chi connectivity index (χ1) is 22.3. The second kappa shape index (κ2) is 13.3. The van der Waals surface area contributed by atoms with Crippen LogP contribution >= 0.6 is 0 Å². The average molecular weight is 671 g/mol. The summed E-state index contributed by atoms with van der Waals surface area (Å²) in [7, 11) is -4.56. The number of halogens is 5. The lowest BCUT2D eigenvalue weighted by atomic mass is 10.0. The van der Waals surface area contributed by atoms with Crippen LogP contribution in [0.5, 0.6) is 0 Å². The predicted molar refractivity (Wildman–Crippen MR) is 163 cm³/mol. The summed E-state index contributed by atoms with van der Waals surface area (Å²) in [5.41, 5.74) is -2.75. The molecule has 0 aliphatic rings. The van der Waals surface area contributed by atoms with E-state index in [0.29, 0.717) is 17.5 Å². The van der Waals surface area contributed by atoms with E-state index in [4.69, 9.17) is 0 Å². The quantitative estimate of drug-likeness (QED) is 0.171. The average Bonchev–Trinajstić information content (AvgIpc) is 3.34. The summed E-state index contributed by atoms with van der Waals surface area (Å²) in [5, 5.41) is 4.19. The van der Waals surface area contributed by atoms with Crippen molar-refractivity contribution in [3.8, 4) is 16.8 Å². The van der Waals surface area contributed by atoms with Crippen molar-refractivity contribution < 1.29 is 35.2 Å². The molecular formula is C33H27F5N4O4S. The molecule has 0 aliphatic heterocycles. The molecule has 0 bridgehead atoms. The molecule has 47 heavy (non-hydrogen) atoms. The Morgan fingerprint density at radius 3 is 2.28 bits per heavy atom. The van der Waals surface area contributed by atoms with Gasteiger partial charge in [0.25, 0.3) is 15.9 Å². The summed E-state index contributed by atoms with van der Waals surface area (Å²) in [6.45, 7) is 1.52. The number of alkyl halides is 3. The Morgan fingerprint density at radius 1 is 0.894 bits per heavy atom. The van der Waals surface area contributed by atoms with E-state index in [0.717, 1.165) is 34.9 Å². The Hall–Kier alpha value is -5.11. The van der Waals surface area contributed by atoms with Gasteiger partial charge in [-0.05, 0) is 48.4 Å². The van der Waals surface area contributed by atoms with Gasteiger partial charge in [0.15, 0.2) is 0 Å². The summed E-state index contributed by atoms with van der Waals surface area (Å²) in [6, 6.07) is 18.6. The maximum absolute atomic E-state index is 15.6. The van der Waals surface area contributed by atoms with Gasteiger partial charge in [-0.2, -0.15) is 17.9 Å². The monoisotopic (exact) mass is 670 g/mol. The minimum atomic E-state index is -4.75. The van der Waals surface area contributed by atoms with Gasteiger partial charge in [-0.1, -0.05) is 67.9 Å². The fraction of sp³-hybridized carbons (Fsp3) is 0.182. The Labute approximate surface area is 266 Å². The molecule has 0 spiro atoms. The largest absolute Gasteiger partial charge is 0.418 e. The summed E-state index contributed by atoms with van der Waals surface area (Å²) >= 11 is 0. The van der Waals surface area contributed by atoms with Crippen LogP contribution in [-0.4, -0.2) is 28.7 Å². The molecule has 4 aromatic carbocycles. The third-order valence-corrected chi connectivity index (χ3v) is 8.73. The lowest BCUT2D eigenvalue weighted by Crippen LogP contribution is -2.31. The van der Waals surface area contributed by atoms with E-state index in [1.165, 1.54) is 60.7 Å². The third-order valence-electron chi connectivity index (χ3n) is 7.35. The molecule has 0 saturated heterocycles. The van der Waals surface area contributed by atoms with Crippen LogP contribution in [0.4, 0.5) is 22.0 Å². The first-order valence-electron chi connectivity index (χ1n) is 14.4. The van der Waals surface area contributed by atoms with Crippen LogP contribution in [0.15, 0.2) is 101 Å². The Bertz CT molecular complexity index is 2120. The van der Waals surface area contributed by atoms with E-state index in [9.17, 15) is 35.6 Å². The highest BCUT2D eigenvalue weighted by Gasteiger charge is 2.35. The van der Waals surface area contributed by atoms with E-state index < -0.39 is 56.2 Å². The van der Waals surface area contributed by atoms with Crippen LogP contribution in [-0.2, 0) is 29.2 Å². The van der Waals surface area contributed by atoms with Gasteiger partial charge in [-0.3, -0.25) is 9.36 Å². The van der Waals surface area contributed by atoms with Crippen LogP contribution in [0.3, 0.4) is 0 Å². The van der Waals surface area contributed by atoms with Gasteiger partial charge in [0, 0.05) is 17.5 Å². The van der Waals surface area contributed by atoms with E-state index >= 15 is 4.39 Å². The Kier molecular flexibility index (Phi) is 9.43. The number of carbonyl (C=O) groups is 1. The molecule has 14 heteroatoms. The number of nitrogens with one attached hydrogen (secondary N) is 1. The molecule has 5 aromatic rings. The second-order valence-corrected chi connectivity index (χ2v) is 12.2. The SMILES string of the molecule is CCCCc1nn(-c2ccccc2C(F)(F)F)c(=O)n1Cc1ccc(-c2ccccc2S(=O)(=O)NC(=O)c2ccccc2F)cc1F.